The number of hydrogen-bond acceptors (Lipinski definition) is 3. The fraction of sp³-hybridized carbons (Fsp3) is 0.154. The van der Waals surface area contributed by atoms with Crippen LogP contribution < -0.4 is 10.1 Å². The predicted molar refractivity (Wildman–Crippen MR) is 80.7 cm³/mol. The van der Waals surface area contributed by atoms with Gasteiger partial charge >= 0.3 is 0 Å². The van der Waals surface area contributed by atoms with Gasteiger partial charge < -0.3 is 10.1 Å². The zero-order valence-corrected chi connectivity index (χ0v) is 13.2. The molecule has 1 heterocycles. The molecule has 0 unspecified atom stereocenters. The van der Waals surface area contributed by atoms with Crippen LogP contribution in [0.15, 0.2) is 39.4 Å². The summed E-state index contributed by atoms with van der Waals surface area (Å²) < 4.78 is 7.10. The fourth-order valence-electron chi connectivity index (χ4n) is 1.51. The maximum absolute atomic E-state index is 5.22. The Kier molecular flexibility index (Phi) is 4.24. The Morgan fingerprint density at radius 3 is 2.61 bits per heavy atom. The average Bonchev–Trinajstić information content (AvgIpc) is 2.32. The van der Waals surface area contributed by atoms with Crippen molar-refractivity contribution < 1.29 is 4.74 Å². The highest BCUT2D eigenvalue weighted by molar-refractivity contribution is 9.10. The number of benzene rings is 1. The van der Waals surface area contributed by atoms with Crippen LogP contribution in [0.4, 0.5) is 11.5 Å². The molecule has 0 radical (unpaired) electrons. The molecule has 94 valence electrons. The molecule has 2 rings (SSSR count). The van der Waals surface area contributed by atoms with Crippen LogP contribution >= 0.6 is 31.9 Å². The highest BCUT2D eigenvalue weighted by atomic mass is 79.9. The summed E-state index contributed by atoms with van der Waals surface area (Å²) in [5.41, 5.74) is 2.03. The number of halogens is 2. The van der Waals surface area contributed by atoms with Crippen LogP contribution in [0, 0.1) is 6.92 Å². The quantitative estimate of drug-likeness (QED) is 0.851. The summed E-state index contributed by atoms with van der Waals surface area (Å²) in [6.45, 7) is 2.00. The molecule has 3 nitrogen and oxygen atoms in total. The lowest BCUT2D eigenvalue weighted by atomic mass is 10.3. The van der Waals surface area contributed by atoms with Crippen molar-refractivity contribution in [3.8, 4) is 5.75 Å². The Hall–Kier alpha value is -1.07. The number of aryl methyl sites for hydroxylation is 1. The molecular formula is C13H12Br2N2O. The van der Waals surface area contributed by atoms with Crippen LogP contribution in [0.3, 0.4) is 0 Å². The van der Waals surface area contributed by atoms with Crippen LogP contribution in [0.2, 0.25) is 0 Å². The van der Waals surface area contributed by atoms with Crippen LogP contribution in [0.25, 0.3) is 0 Å². The first-order valence-electron chi connectivity index (χ1n) is 5.32. The Bertz CT molecular complexity index is 573. The molecule has 1 aromatic carbocycles. The van der Waals surface area contributed by atoms with Crippen LogP contribution in [-0.4, -0.2) is 12.1 Å². The summed E-state index contributed by atoms with van der Waals surface area (Å²) >= 11 is 6.94. The third kappa shape index (κ3) is 3.23. The van der Waals surface area contributed by atoms with Crippen molar-refractivity contribution in [2.24, 2.45) is 0 Å². The number of rotatable bonds is 3. The van der Waals surface area contributed by atoms with Gasteiger partial charge in [-0.15, -0.1) is 0 Å². The fourth-order valence-corrected chi connectivity index (χ4v) is 2.55. The molecule has 0 spiro atoms. The van der Waals surface area contributed by atoms with E-state index in [9.17, 15) is 0 Å². The van der Waals surface area contributed by atoms with Crippen molar-refractivity contribution in [3.63, 3.8) is 0 Å². The monoisotopic (exact) mass is 370 g/mol. The predicted octanol–water partition coefficient (Wildman–Crippen LogP) is 4.67. The first-order chi connectivity index (χ1) is 8.58. The van der Waals surface area contributed by atoms with Crippen molar-refractivity contribution in [2.45, 2.75) is 6.92 Å². The Morgan fingerprint density at radius 1 is 1.17 bits per heavy atom. The second-order valence-corrected chi connectivity index (χ2v) is 5.62. The summed E-state index contributed by atoms with van der Waals surface area (Å²) in [6.07, 6.45) is 1.82. The molecule has 0 aliphatic carbocycles. The highest BCUT2D eigenvalue weighted by Gasteiger charge is 2.04. The zero-order chi connectivity index (χ0) is 13.1. The van der Waals surface area contributed by atoms with Gasteiger partial charge in [0.2, 0.25) is 0 Å². The van der Waals surface area contributed by atoms with Gasteiger partial charge in [-0.2, -0.15) is 0 Å². The second kappa shape index (κ2) is 5.71. The standard InChI is InChI=1S/C13H12Br2N2O/c1-8-3-12(15)13(16-7-8)17-10-4-9(14)5-11(6-10)18-2/h3-7H,1-2H3,(H,16,17). The normalized spacial score (nSPS) is 10.2. The van der Waals surface area contributed by atoms with Crippen molar-refractivity contribution in [2.75, 3.05) is 12.4 Å². The van der Waals surface area contributed by atoms with Crippen molar-refractivity contribution >= 4 is 43.4 Å². The van der Waals surface area contributed by atoms with E-state index in [0.717, 1.165) is 31.8 Å². The molecule has 0 aliphatic heterocycles. The summed E-state index contributed by atoms with van der Waals surface area (Å²) in [4.78, 5) is 4.34. The van der Waals surface area contributed by atoms with Crippen molar-refractivity contribution in [1.29, 1.82) is 0 Å². The number of methoxy groups -OCH3 is 1. The lowest BCUT2D eigenvalue weighted by Crippen LogP contribution is -1.96. The maximum Gasteiger partial charge on any atom is 0.144 e. The van der Waals surface area contributed by atoms with E-state index >= 15 is 0 Å². The van der Waals surface area contributed by atoms with Crippen molar-refractivity contribution in [1.82, 2.24) is 4.98 Å². The molecule has 1 aromatic heterocycles. The summed E-state index contributed by atoms with van der Waals surface area (Å²) in [6, 6.07) is 7.81. The molecule has 0 amide bonds. The molecule has 1 N–H and O–H groups in total. The van der Waals surface area contributed by atoms with E-state index in [-0.39, 0.29) is 0 Å². The van der Waals surface area contributed by atoms with E-state index < -0.39 is 0 Å². The number of hydrogen-bond donors (Lipinski definition) is 1. The first-order valence-corrected chi connectivity index (χ1v) is 6.91. The number of nitrogens with one attached hydrogen (secondary N) is 1. The van der Waals surface area contributed by atoms with Gasteiger partial charge in [0.1, 0.15) is 11.6 Å². The van der Waals surface area contributed by atoms with E-state index in [2.05, 4.69) is 42.2 Å². The van der Waals surface area contributed by atoms with E-state index in [0.29, 0.717) is 0 Å². The SMILES string of the molecule is COc1cc(Br)cc(Nc2ncc(C)cc2Br)c1. The Labute approximate surface area is 123 Å². The van der Waals surface area contributed by atoms with Gasteiger partial charge in [0.15, 0.2) is 0 Å². The van der Waals surface area contributed by atoms with Gasteiger partial charge in [0.05, 0.1) is 11.6 Å². The Morgan fingerprint density at radius 2 is 1.94 bits per heavy atom. The van der Waals surface area contributed by atoms with Gasteiger partial charge in [0, 0.05) is 22.4 Å². The van der Waals surface area contributed by atoms with Gasteiger partial charge in [-0.3, -0.25) is 0 Å². The smallest absolute Gasteiger partial charge is 0.144 e. The largest absolute Gasteiger partial charge is 0.497 e. The Balaban J connectivity index is 2.30. The van der Waals surface area contributed by atoms with Crippen LogP contribution in [-0.2, 0) is 0 Å². The van der Waals surface area contributed by atoms with Crippen molar-refractivity contribution in [3.05, 3.63) is 45.0 Å². The van der Waals surface area contributed by atoms with Gasteiger partial charge in [-0.25, -0.2) is 4.98 Å². The van der Waals surface area contributed by atoms with E-state index in [1.165, 1.54) is 0 Å². The second-order valence-electron chi connectivity index (χ2n) is 3.85. The maximum atomic E-state index is 5.22. The van der Waals surface area contributed by atoms with Gasteiger partial charge in [-0.05, 0) is 46.6 Å². The van der Waals surface area contributed by atoms with E-state index in [4.69, 9.17) is 4.74 Å². The number of aromatic nitrogens is 1. The summed E-state index contributed by atoms with van der Waals surface area (Å²) in [7, 11) is 1.64. The molecule has 0 atom stereocenters. The lowest BCUT2D eigenvalue weighted by Gasteiger charge is -2.10. The molecular weight excluding hydrogens is 360 g/mol. The first kappa shape index (κ1) is 13.4. The molecule has 0 saturated carbocycles. The molecule has 0 aliphatic rings. The summed E-state index contributed by atoms with van der Waals surface area (Å²) in [5.74, 6) is 1.57. The number of ether oxygens (including phenoxy) is 1. The molecule has 0 bridgehead atoms. The minimum Gasteiger partial charge on any atom is -0.497 e. The lowest BCUT2D eigenvalue weighted by molar-refractivity contribution is 0.415. The molecule has 0 fully saturated rings. The molecule has 2 aromatic rings. The highest BCUT2D eigenvalue weighted by Crippen LogP contribution is 2.29. The van der Waals surface area contributed by atoms with E-state index in [1.807, 2.05) is 37.4 Å². The summed E-state index contributed by atoms with van der Waals surface area (Å²) in [5, 5.41) is 3.25. The molecule has 18 heavy (non-hydrogen) atoms. The van der Waals surface area contributed by atoms with Gasteiger partial charge in [-0.1, -0.05) is 15.9 Å². The van der Waals surface area contributed by atoms with Crippen LogP contribution in [0.5, 0.6) is 5.75 Å². The third-order valence-electron chi connectivity index (χ3n) is 2.35. The number of anilines is 2. The third-order valence-corrected chi connectivity index (χ3v) is 3.41. The number of pyridine rings is 1. The van der Waals surface area contributed by atoms with Gasteiger partial charge in [0.25, 0.3) is 0 Å². The minimum absolute atomic E-state index is 0.778. The van der Waals surface area contributed by atoms with E-state index in [1.54, 1.807) is 7.11 Å². The van der Waals surface area contributed by atoms with Crippen LogP contribution in [0.1, 0.15) is 5.56 Å². The average molecular weight is 372 g/mol. The molecule has 5 heteroatoms. The molecule has 0 saturated heterocycles. The topological polar surface area (TPSA) is 34.1 Å². The number of nitrogens with zero attached hydrogens (tertiary/aromatic N) is 1. The minimum atomic E-state index is 0.778. The zero-order valence-electron chi connectivity index (χ0n) is 10.00.